The molecule has 0 aromatic heterocycles. The second kappa shape index (κ2) is 4.11. The first-order valence-corrected chi connectivity index (χ1v) is 5.09. The number of hydrogen-bond acceptors (Lipinski definition) is 3. The average molecular weight is 198 g/mol. The van der Waals surface area contributed by atoms with Crippen LogP contribution in [0.4, 0.5) is 0 Å². The van der Waals surface area contributed by atoms with Crippen molar-refractivity contribution in [1.82, 2.24) is 0 Å². The van der Waals surface area contributed by atoms with Gasteiger partial charge in [-0.05, 0) is 39.5 Å². The van der Waals surface area contributed by atoms with Crippen LogP contribution in [-0.2, 0) is 14.3 Å². The van der Waals surface area contributed by atoms with Crippen LogP contribution in [0.15, 0.2) is 0 Å². The van der Waals surface area contributed by atoms with Gasteiger partial charge in [0.05, 0.1) is 0 Å². The molecule has 0 amide bonds. The third kappa shape index (κ3) is 3.90. The largest absolute Gasteiger partial charge is 0.460 e. The second-order valence-corrected chi connectivity index (χ2v) is 4.92. The molecule has 0 aromatic carbocycles. The van der Waals surface area contributed by atoms with Crippen molar-refractivity contribution < 1.29 is 14.3 Å². The molecule has 3 heteroatoms. The molecular weight excluding hydrogens is 180 g/mol. The summed E-state index contributed by atoms with van der Waals surface area (Å²) in [4.78, 5) is 21.6. The van der Waals surface area contributed by atoms with Gasteiger partial charge in [0.2, 0.25) is 0 Å². The molecule has 1 aliphatic rings. The molecular formula is C11H18O3. The van der Waals surface area contributed by atoms with Crippen molar-refractivity contribution in [1.29, 1.82) is 0 Å². The molecule has 1 fully saturated rings. The van der Waals surface area contributed by atoms with E-state index in [1.807, 2.05) is 20.8 Å². The summed E-state index contributed by atoms with van der Waals surface area (Å²) in [6, 6.07) is 0. The standard InChI is InChI=1S/C11H18O3/c1-11(2,3)14-10(13)5-4-8-6-9(8)7-12/h7-9H,4-6H2,1-3H3/t8-,9+/m0/s1. The smallest absolute Gasteiger partial charge is 0.306 e. The van der Waals surface area contributed by atoms with Gasteiger partial charge in [0.25, 0.3) is 0 Å². The van der Waals surface area contributed by atoms with Gasteiger partial charge in [-0.25, -0.2) is 0 Å². The first-order valence-electron chi connectivity index (χ1n) is 5.09. The molecule has 0 unspecified atom stereocenters. The summed E-state index contributed by atoms with van der Waals surface area (Å²) in [5.41, 5.74) is -0.398. The van der Waals surface area contributed by atoms with Crippen molar-refractivity contribution >= 4 is 12.3 Å². The molecule has 0 spiro atoms. The third-order valence-electron chi connectivity index (χ3n) is 2.29. The van der Waals surface area contributed by atoms with Gasteiger partial charge in [0.1, 0.15) is 11.9 Å². The highest BCUT2D eigenvalue weighted by atomic mass is 16.6. The van der Waals surface area contributed by atoms with Crippen LogP contribution in [0.1, 0.15) is 40.0 Å². The lowest BCUT2D eigenvalue weighted by molar-refractivity contribution is -0.155. The van der Waals surface area contributed by atoms with E-state index in [0.29, 0.717) is 12.3 Å². The van der Waals surface area contributed by atoms with Crippen LogP contribution in [0, 0.1) is 11.8 Å². The molecule has 1 aliphatic carbocycles. The monoisotopic (exact) mass is 198 g/mol. The molecule has 0 radical (unpaired) electrons. The van der Waals surface area contributed by atoms with Crippen LogP contribution >= 0.6 is 0 Å². The molecule has 3 nitrogen and oxygen atoms in total. The molecule has 0 aliphatic heterocycles. The summed E-state index contributed by atoms with van der Waals surface area (Å²) in [6.07, 6.45) is 3.16. The lowest BCUT2D eigenvalue weighted by atomic mass is 10.1. The second-order valence-electron chi connectivity index (χ2n) is 4.92. The molecule has 0 aromatic rings. The topological polar surface area (TPSA) is 43.4 Å². The zero-order chi connectivity index (χ0) is 10.8. The van der Waals surface area contributed by atoms with Crippen molar-refractivity contribution in [2.45, 2.75) is 45.6 Å². The van der Waals surface area contributed by atoms with Gasteiger partial charge in [-0.1, -0.05) is 0 Å². The van der Waals surface area contributed by atoms with E-state index in [2.05, 4.69) is 0 Å². The van der Waals surface area contributed by atoms with E-state index in [1.54, 1.807) is 0 Å². The zero-order valence-electron chi connectivity index (χ0n) is 9.08. The van der Waals surface area contributed by atoms with Crippen LogP contribution in [0.5, 0.6) is 0 Å². The Bertz CT molecular complexity index is 227. The van der Waals surface area contributed by atoms with Crippen LogP contribution in [0.3, 0.4) is 0 Å². The SMILES string of the molecule is CC(C)(C)OC(=O)CC[C@H]1C[C@@H]1C=O. The van der Waals surface area contributed by atoms with E-state index in [9.17, 15) is 9.59 Å². The van der Waals surface area contributed by atoms with Crippen molar-refractivity contribution in [3.8, 4) is 0 Å². The molecule has 2 atom stereocenters. The van der Waals surface area contributed by atoms with Crippen molar-refractivity contribution in [2.24, 2.45) is 11.8 Å². The molecule has 0 N–H and O–H groups in total. The Kier molecular flexibility index (Phi) is 3.29. The highest BCUT2D eigenvalue weighted by Gasteiger charge is 2.36. The van der Waals surface area contributed by atoms with Gasteiger partial charge in [-0.15, -0.1) is 0 Å². The van der Waals surface area contributed by atoms with Gasteiger partial charge in [0.15, 0.2) is 0 Å². The molecule has 0 saturated heterocycles. The number of ether oxygens (including phenoxy) is 1. The number of aldehydes is 1. The van der Waals surface area contributed by atoms with Crippen molar-refractivity contribution in [2.75, 3.05) is 0 Å². The third-order valence-corrected chi connectivity index (χ3v) is 2.29. The Labute approximate surface area is 84.8 Å². The van der Waals surface area contributed by atoms with E-state index in [1.165, 1.54) is 0 Å². The quantitative estimate of drug-likeness (QED) is 0.512. The number of hydrogen-bond donors (Lipinski definition) is 0. The highest BCUT2D eigenvalue weighted by molar-refractivity contribution is 5.70. The molecule has 0 bridgehead atoms. The van der Waals surface area contributed by atoms with E-state index >= 15 is 0 Å². The predicted octanol–water partition coefficient (Wildman–Crippen LogP) is 1.94. The molecule has 14 heavy (non-hydrogen) atoms. The average Bonchev–Trinajstić information content (AvgIpc) is 2.76. The lowest BCUT2D eigenvalue weighted by Gasteiger charge is -2.19. The predicted molar refractivity (Wildman–Crippen MR) is 52.7 cm³/mol. The summed E-state index contributed by atoms with van der Waals surface area (Å²) in [7, 11) is 0. The Morgan fingerprint density at radius 2 is 2.14 bits per heavy atom. The van der Waals surface area contributed by atoms with Crippen molar-refractivity contribution in [3.05, 3.63) is 0 Å². The first-order chi connectivity index (χ1) is 6.42. The van der Waals surface area contributed by atoms with Gasteiger partial charge in [-0.3, -0.25) is 4.79 Å². The maximum Gasteiger partial charge on any atom is 0.306 e. The molecule has 80 valence electrons. The summed E-state index contributed by atoms with van der Waals surface area (Å²) in [5.74, 6) is 0.478. The van der Waals surface area contributed by atoms with Gasteiger partial charge in [0, 0.05) is 12.3 Å². The number of esters is 1. The maximum absolute atomic E-state index is 11.3. The normalized spacial score (nSPS) is 25.6. The van der Waals surface area contributed by atoms with Gasteiger partial charge >= 0.3 is 5.97 Å². The summed E-state index contributed by atoms with van der Waals surface area (Å²) >= 11 is 0. The van der Waals surface area contributed by atoms with Crippen LogP contribution < -0.4 is 0 Å². The van der Waals surface area contributed by atoms with E-state index < -0.39 is 5.60 Å². The van der Waals surface area contributed by atoms with Crippen molar-refractivity contribution in [3.63, 3.8) is 0 Å². The van der Waals surface area contributed by atoms with Gasteiger partial charge < -0.3 is 9.53 Å². The van der Waals surface area contributed by atoms with Crippen LogP contribution in [-0.4, -0.2) is 17.9 Å². The van der Waals surface area contributed by atoms with Crippen LogP contribution in [0.2, 0.25) is 0 Å². The molecule has 1 rings (SSSR count). The number of carbonyl (C=O) groups excluding carboxylic acids is 2. The fourth-order valence-electron chi connectivity index (χ4n) is 1.47. The Balaban J connectivity index is 2.13. The first kappa shape index (κ1) is 11.2. The lowest BCUT2D eigenvalue weighted by Crippen LogP contribution is -2.23. The Morgan fingerprint density at radius 1 is 1.50 bits per heavy atom. The highest BCUT2D eigenvalue weighted by Crippen LogP contribution is 2.40. The fraction of sp³-hybridized carbons (Fsp3) is 0.818. The molecule has 0 heterocycles. The molecule has 1 saturated carbocycles. The van der Waals surface area contributed by atoms with E-state index in [4.69, 9.17) is 4.74 Å². The Morgan fingerprint density at radius 3 is 2.57 bits per heavy atom. The minimum Gasteiger partial charge on any atom is -0.460 e. The minimum absolute atomic E-state index is 0.158. The van der Waals surface area contributed by atoms with E-state index in [-0.39, 0.29) is 11.9 Å². The van der Waals surface area contributed by atoms with E-state index in [0.717, 1.165) is 19.1 Å². The van der Waals surface area contributed by atoms with Crippen LogP contribution in [0.25, 0.3) is 0 Å². The summed E-state index contributed by atoms with van der Waals surface area (Å²) < 4.78 is 5.16. The summed E-state index contributed by atoms with van der Waals surface area (Å²) in [5, 5.41) is 0. The maximum atomic E-state index is 11.3. The summed E-state index contributed by atoms with van der Waals surface area (Å²) in [6.45, 7) is 5.57. The minimum atomic E-state index is -0.398. The Hall–Kier alpha value is -0.860. The van der Waals surface area contributed by atoms with Gasteiger partial charge in [-0.2, -0.15) is 0 Å². The number of carbonyl (C=O) groups is 2. The number of rotatable bonds is 4. The zero-order valence-corrected chi connectivity index (χ0v) is 9.08. The fourth-order valence-corrected chi connectivity index (χ4v) is 1.47.